The second-order valence-electron chi connectivity index (χ2n) is 5.88. The summed E-state index contributed by atoms with van der Waals surface area (Å²) >= 11 is 6.00. The minimum atomic E-state index is 0.0719. The molecule has 0 aliphatic carbocycles. The number of benzene rings is 1. The number of hydrogen-bond acceptors (Lipinski definition) is 1. The lowest BCUT2D eigenvalue weighted by Crippen LogP contribution is -2.22. The highest BCUT2D eigenvalue weighted by atomic mass is 35.5. The van der Waals surface area contributed by atoms with Gasteiger partial charge in [0.05, 0.1) is 12.4 Å². The van der Waals surface area contributed by atoms with E-state index in [0.717, 1.165) is 17.2 Å². The number of ether oxygens (including phenoxy) is 1. The predicted octanol–water partition coefficient (Wildman–Crippen LogP) is 5.10. The van der Waals surface area contributed by atoms with Crippen molar-refractivity contribution < 1.29 is 4.74 Å². The molecule has 0 spiro atoms. The fourth-order valence-corrected chi connectivity index (χ4v) is 1.92. The van der Waals surface area contributed by atoms with Crippen LogP contribution in [0.4, 0.5) is 0 Å². The molecule has 0 N–H and O–H groups in total. The topological polar surface area (TPSA) is 9.23 Å². The fraction of sp³-hybridized carbons (Fsp3) is 0.500. The summed E-state index contributed by atoms with van der Waals surface area (Å²) in [6, 6.07) is 8.00. The third-order valence-corrected chi connectivity index (χ3v) is 3.10. The van der Waals surface area contributed by atoms with E-state index in [-0.39, 0.29) is 5.41 Å². The Bertz CT molecular complexity index is 407. The Morgan fingerprint density at radius 3 is 2.61 bits per heavy atom. The van der Waals surface area contributed by atoms with Crippen LogP contribution in [0.3, 0.4) is 0 Å². The number of hydrogen-bond donors (Lipinski definition) is 0. The minimum Gasteiger partial charge on any atom is -0.498 e. The van der Waals surface area contributed by atoms with Crippen LogP contribution in [-0.4, -0.2) is 6.61 Å². The highest BCUT2D eigenvalue weighted by Crippen LogP contribution is 2.25. The summed E-state index contributed by atoms with van der Waals surface area (Å²) in [6.07, 6.45) is 0.943. The Morgan fingerprint density at radius 1 is 1.39 bits per heavy atom. The lowest BCUT2D eigenvalue weighted by molar-refractivity contribution is 0.101. The van der Waals surface area contributed by atoms with Gasteiger partial charge in [-0.05, 0) is 24.1 Å². The van der Waals surface area contributed by atoms with E-state index < -0.39 is 0 Å². The summed E-state index contributed by atoms with van der Waals surface area (Å²) in [5.74, 6) is 1.22. The summed E-state index contributed by atoms with van der Waals surface area (Å²) < 4.78 is 5.74. The van der Waals surface area contributed by atoms with Gasteiger partial charge in [0.1, 0.15) is 0 Å². The van der Waals surface area contributed by atoms with Gasteiger partial charge in [-0.15, -0.1) is 0 Å². The van der Waals surface area contributed by atoms with Crippen LogP contribution >= 0.6 is 11.6 Å². The van der Waals surface area contributed by atoms with Gasteiger partial charge in [-0.3, -0.25) is 0 Å². The van der Waals surface area contributed by atoms with E-state index in [2.05, 4.69) is 40.3 Å². The van der Waals surface area contributed by atoms with Crippen molar-refractivity contribution in [3.8, 4) is 0 Å². The molecule has 0 aliphatic rings. The molecule has 1 aromatic carbocycles. The average molecular weight is 267 g/mol. The number of halogens is 1. The third kappa shape index (κ3) is 5.14. The second kappa shape index (κ2) is 6.29. The maximum Gasteiger partial charge on any atom is 0.0931 e. The van der Waals surface area contributed by atoms with Crippen LogP contribution in [0.2, 0.25) is 5.02 Å². The molecule has 1 rings (SSSR count). The first-order valence-electron chi connectivity index (χ1n) is 6.36. The van der Waals surface area contributed by atoms with Crippen LogP contribution in [0.25, 0.3) is 0 Å². The first-order chi connectivity index (χ1) is 8.30. The van der Waals surface area contributed by atoms with Crippen molar-refractivity contribution in [3.05, 3.63) is 47.2 Å². The zero-order chi connectivity index (χ0) is 13.8. The molecule has 1 nitrogen and oxygen atoms in total. The van der Waals surface area contributed by atoms with Gasteiger partial charge in [0.15, 0.2) is 0 Å². The van der Waals surface area contributed by atoms with E-state index in [9.17, 15) is 0 Å². The van der Waals surface area contributed by atoms with Crippen LogP contribution in [-0.2, 0) is 11.2 Å². The quantitative estimate of drug-likeness (QED) is 0.651. The van der Waals surface area contributed by atoms with Crippen molar-refractivity contribution in [2.24, 2.45) is 11.3 Å². The number of rotatable bonds is 6. The zero-order valence-electron chi connectivity index (χ0n) is 11.8. The molecule has 0 aromatic heterocycles. The van der Waals surface area contributed by atoms with E-state index in [1.54, 1.807) is 0 Å². The average Bonchev–Trinajstić information content (AvgIpc) is 2.25. The van der Waals surface area contributed by atoms with Gasteiger partial charge in [-0.2, -0.15) is 0 Å². The first kappa shape index (κ1) is 15.1. The monoisotopic (exact) mass is 266 g/mol. The molecule has 0 radical (unpaired) electrons. The fourth-order valence-electron chi connectivity index (χ4n) is 1.71. The molecular weight excluding hydrogens is 244 g/mol. The van der Waals surface area contributed by atoms with Crippen molar-refractivity contribution in [2.75, 3.05) is 6.61 Å². The maximum atomic E-state index is 6.00. The standard InChI is InChI=1S/C16H23ClO/c1-12(2)13(3)18-11-16(4,5)10-14-7-6-8-15(17)9-14/h6-9,12H,3,10-11H2,1-2,4-5H3. The molecule has 0 aliphatic heterocycles. The Balaban J connectivity index is 2.56. The summed E-state index contributed by atoms with van der Waals surface area (Å²) in [6.45, 7) is 13.2. The van der Waals surface area contributed by atoms with Crippen molar-refractivity contribution in [2.45, 2.75) is 34.1 Å². The van der Waals surface area contributed by atoms with Gasteiger partial charge in [-0.25, -0.2) is 0 Å². The molecule has 1 aromatic rings. The molecule has 100 valence electrons. The molecule has 0 amide bonds. The van der Waals surface area contributed by atoms with Crippen LogP contribution in [0.15, 0.2) is 36.6 Å². The Kier molecular flexibility index (Phi) is 5.28. The van der Waals surface area contributed by atoms with Crippen LogP contribution in [0, 0.1) is 11.3 Å². The van der Waals surface area contributed by atoms with Crippen LogP contribution < -0.4 is 0 Å². The lowest BCUT2D eigenvalue weighted by Gasteiger charge is -2.26. The normalized spacial score (nSPS) is 11.7. The summed E-state index contributed by atoms with van der Waals surface area (Å²) in [5, 5.41) is 0.788. The summed E-state index contributed by atoms with van der Waals surface area (Å²) in [5.41, 5.74) is 1.31. The third-order valence-electron chi connectivity index (χ3n) is 2.86. The first-order valence-corrected chi connectivity index (χ1v) is 6.74. The largest absolute Gasteiger partial charge is 0.498 e. The van der Waals surface area contributed by atoms with E-state index >= 15 is 0 Å². The minimum absolute atomic E-state index is 0.0719. The van der Waals surface area contributed by atoms with Crippen molar-refractivity contribution >= 4 is 11.6 Å². The molecule has 2 heteroatoms. The summed E-state index contributed by atoms with van der Waals surface area (Å²) in [4.78, 5) is 0. The molecule has 0 fully saturated rings. The summed E-state index contributed by atoms with van der Waals surface area (Å²) in [7, 11) is 0. The number of allylic oxidation sites excluding steroid dienone is 1. The Labute approximate surface area is 116 Å². The van der Waals surface area contributed by atoms with E-state index in [1.165, 1.54) is 5.56 Å². The van der Waals surface area contributed by atoms with Crippen molar-refractivity contribution in [1.29, 1.82) is 0 Å². The SMILES string of the molecule is C=C(OCC(C)(C)Cc1cccc(Cl)c1)C(C)C. The molecule has 18 heavy (non-hydrogen) atoms. The van der Waals surface area contributed by atoms with Crippen molar-refractivity contribution in [1.82, 2.24) is 0 Å². The smallest absolute Gasteiger partial charge is 0.0931 e. The predicted molar refractivity (Wildman–Crippen MR) is 78.9 cm³/mol. The van der Waals surface area contributed by atoms with E-state index in [1.807, 2.05) is 18.2 Å². The molecule has 0 heterocycles. The lowest BCUT2D eigenvalue weighted by atomic mass is 9.86. The molecule has 0 atom stereocenters. The maximum absolute atomic E-state index is 6.00. The molecular formula is C16H23ClO. The van der Waals surface area contributed by atoms with Gasteiger partial charge < -0.3 is 4.74 Å². The molecule has 0 saturated heterocycles. The van der Waals surface area contributed by atoms with E-state index in [0.29, 0.717) is 12.5 Å². The van der Waals surface area contributed by atoms with Crippen LogP contribution in [0.1, 0.15) is 33.3 Å². The molecule has 0 bridgehead atoms. The van der Waals surface area contributed by atoms with Gasteiger partial charge in [0.2, 0.25) is 0 Å². The highest BCUT2D eigenvalue weighted by molar-refractivity contribution is 6.30. The Morgan fingerprint density at radius 2 is 2.06 bits per heavy atom. The Hall–Kier alpha value is -0.950. The van der Waals surface area contributed by atoms with Gasteiger partial charge in [-0.1, -0.05) is 58.0 Å². The molecule has 0 saturated carbocycles. The van der Waals surface area contributed by atoms with E-state index in [4.69, 9.17) is 16.3 Å². The highest BCUT2D eigenvalue weighted by Gasteiger charge is 2.20. The second-order valence-corrected chi connectivity index (χ2v) is 6.32. The molecule has 0 unspecified atom stereocenters. The van der Waals surface area contributed by atoms with Crippen molar-refractivity contribution in [3.63, 3.8) is 0 Å². The van der Waals surface area contributed by atoms with Gasteiger partial charge in [0.25, 0.3) is 0 Å². The van der Waals surface area contributed by atoms with Crippen LogP contribution in [0.5, 0.6) is 0 Å². The van der Waals surface area contributed by atoms with Gasteiger partial charge in [0, 0.05) is 16.4 Å². The zero-order valence-corrected chi connectivity index (χ0v) is 12.6. The van der Waals surface area contributed by atoms with Gasteiger partial charge >= 0.3 is 0 Å².